The van der Waals surface area contributed by atoms with Crippen molar-refractivity contribution in [1.29, 1.82) is 0 Å². The number of aromatic carboxylic acids is 1. The third kappa shape index (κ3) is 3.59. The molecule has 0 spiro atoms. The van der Waals surface area contributed by atoms with Crippen LogP contribution < -0.4 is 5.43 Å². The molecule has 3 rings (SSSR count). The molecule has 0 bridgehead atoms. The number of halogens is 4. The summed E-state index contributed by atoms with van der Waals surface area (Å²) in [5.74, 6) is -1.43. The van der Waals surface area contributed by atoms with Crippen molar-refractivity contribution in [3.05, 3.63) is 73.6 Å². The molecule has 0 fully saturated rings. The van der Waals surface area contributed by atoms with Crippen LogP contribution in [-0.4, -0.2) is 20.6 Å². The predicted octanol–water partition coefficient (Wildman–Crippen LogP) is 4.23. The average Bonchev–Trinajstić information content (AvgIpc) is 2.57. The van der Waals surface area contributed by atoms with Crippen molar-refractivity contribution in [3.8, 4) is 0 Å². The number of benzene rings is 1. The fraction of sp³-hybridized carbons (Fsp3) is 0.167. The molecule has 0 aliphatic carbocycles. The fourth-order valence-corrected chi connectivity index (χ4v) is 3.18. The summed E-state index contributed by atoms with van der Waals surface area (Å²) in [6.07, 6.45) is -2.02. The number of alkyl halides is 3. The number of fused-ring (bicyclic) bond motifs is 1. The number of carboxylic acid groups (broad SMARTS) is 1. The van der Waals surface area contributed by atoms with Gasteiger partial charge in [-0.3, -0.25) is 4.79 Å². The summed E-state index contributed by atoms with van der Waals surface area (Å²) in [5.41, 5.74) is -1.37. The Balaban J connectivity index is 2.24. The molecule has 27 heavy (non-hydrogen) atoms. The Morgan fingerprint density at radius 3 is 2.67 bits per heavy atom. The van der Waals surface area contributed by atoms with Gasteiger partial charge in [0.2, 0.25) is 5.43 Å². The lowest BCUT2D eigenvalue weighted by molar-refractivity contribution is -0.138. The highest BCUT2D eigenvalue weighted by Gasteiger charge is 2.32. The number of carboxylic acids is 1. The Labute approximate surface area is 159 Å². The van der Waals surface area contributed by atoms with Gasteiger partial charge in [-0.1, -0.05) is 12.1 Å². The van der Waals surface area contributed by atoms with E-state index < -0.39 is 28.7 Å². The number of aromatic nitrogens is 2. The van der Waals surface area contributed by atoms with Gasteiger partial charge in [-0.25, -0.2) is 9.78 Å². The summed E-state index contributed by atoms with van der Waals surface area (Å²) < 4.78 is 41.4. The number of pyridine rings is 2. The largest absolute Gasteiger partial charge is 0.477 e. The molecule has 0 atom stereocenters. The van der Waals surface area contributed by atoms with E-state index in [-0.39, 0.29) is 17.6 Å². The summed E-state index contributed by atoms with van der Waals surface area (Å²) in [6.45, 7) is 1.31. The van der Waals surface area contributed by atoms with E-state index in [4.69, 9.17) is 0 Å². The van der Waals surface area contributed by atoms with Gasteiger partial charge >= 0.3 is 12.1 Å². The molecular weight excluding hydrogens is 429 g/mol. The molecule has 1 aromatic carbocycles. The molecule has 0 amide bonds. The van der Waals surface area contributed by atoms with Gasteiger partial charge in [-0.15, -0.1) is 0 Å². The fourth-order valence-electron chi connectivity index (χ4n) is 2.86. The number of rotatable bonds is 3. The predicted molar refractivity (Wildman–Crippen MR) is 95.9 cm³/mol. The second-order valence-electron chi connectivity index (χ2n) is 5.91. The van der Waals surface area contributed by atoms with Crippen LogP contribution in [0.25, 0.3) is 11.0 Å². The van der Waals surface area contributed by atoms with Crippen LogP contribution >= 0.6 is 15.9 Å². The lowest BCUT2D eigenvalue weighted by Gasteiger charge is -2.17. The summed E-state index contributed by atoms with van der Waals surface area (Å²) in [7, 11) is 0. The Morgan fingerprint density at radius 1 is 1.33 bits per heavy atom. The summed E-state index contributed by atoms with van der Waals surface area (Å²) in [4.78, 5) is 27.7. The maximum Gasteiger partial charge on any atom is 0.416 e. The van der Waals surface area contributed by atoms with Crippen LogP contribution in [0.4, 0.5) is 13.2 Å². The van der Waals surface area contributed by atoms with Gasteiger partial charge in [0.15, 0.2) is 0 Å². The molecule has 5 nitrogen and oxygen atoms in total. The van der Waals surface area contributed by atoms with Crippen molar-refractivity contribution in [2.45, 2.75) is 19.6 Å². The standard InChI is InChI=1S/C18H12BrF3N2O3/c1-9-10(3-2-4-13(9)18(20,21)22)7-24-8-12(17(26)27)16(25)15-14(24)5-11(19)6-23-15/h2-6,8H,7H2,1H3,(H,26,27). The Morgan fingerprint density at radius 2 is 2.04 bits per heavy atom. The summed E-state index contributed by atoms with van der Waals surface area (Å²) in [6, 6.07) is 5.38. The van der Waals surface area contributed by atoms with Gasteiger partial charge in [0.05, 0.1) is 11.1 Å². The van der Waals surface area contributed by atoms with Crippen LogP contribution in [0.2, 0.25) is 0 Å². The van der Waals surface area contributed by atoms with Gasteiger partial charge < -0.3 is 9.67 Å². The molecule has 1 N–H and O–H groups in total. The first kappa shape index (κ1) is 19.1. The zero-order chi connectivity index (χ0) is 19.9. The second kappa shape index (κ2) is 6.80. The monoisotopic (exact) mass is 440 g/mol. The molecule has 0 saturated carbocycles. The zero-order valence-corrected chi connectivity index (χ0v) is 15.4. The van der Waals surface area contributed by atoms with Crippen LogP contribution in [-0.2, 0) is 12.7 Å². The van der Waals surface area contributed by atoms with Gasteiger partial charge in [-0.2, -0.15) is 13.2 Å². The van der Waals surface area contributed by atoms with Crippen molar-refractivity contribution in [2.24, 2.45) is 0 Å². The van der Waals surface area contributed by atoms with Gasteiger partial charge in [-0.05, 0) is 46.1 Å². The van der Waals surface area contributed by atoms with Crippen molar-refractivity contribution in [1.82, 2.24) is 9.55 Å². The first-order valence-corrected chi connectivity index (χ1v) is 8.46. The molecule has 0 aliphatic rings. The number of hydrogen-bond acceptors (Lipinski definition) is 3. The van der Waals surface area contributed by atoms with Crippen molar-refractivity contribution < 1.29 is 23.1 Å². The minimum atomic E-state index is -4.50. The van der Waals surface area contributed by atoms with E-state index in [0.29, 0.717) is 15.6 Å². The van der Waals surface area contributed by atoms with Gasteiger partial charge in [0.1, 0.15) is 11.1 Å². The van der Waals surface area contributed by atoms with Crippen LogP contribution in [0.1, 0.15) is 27.0 Å². The number of hydrogen-bond donors (Lipinski definition) is 1. The quantitative estimate of drug-likeness (QED) is 0.661. The molecule has 0 unspecified atom stereocenters. The molecule has 0 aliphatic heterocycles. The molecule has 2 heterocycles. The smallest absolute Gasteiger partial charge is 0.416 e. The Kier molecular flexibility index (Phi) is 4.81. The topological polar surface area (TPSA) is 72.2 Å². The van der Waals surface area contributed by atoms with Crippen LogP contribution in [0.3, 0.4) is 0 Å². The molecule has 0 radical (unpaired) electrons. The van der Waals surface area contributed by atoms with Crippen LogP contribution in [0.5, 0.6) is 0 Å². The van der Waals surface area contributed by atoms with Gasteiger partial charge in [0.25, 0.3) is 0 Å². The van der Waals surface area contributed by atoms with E-state index in [1.165, 1.54) is 29.8 Å². The number of carbonyl (C=O) groups is 1. The SMILES string of the molecule is Cc1c(Cn2cc(C(=O)O)c(=O)c3ncc(Br)cc32)cccc1C(F)(F)F. The molecule has 0 saturated heterocycles. The van der Waals surface area contributed by atoms with Gasteiger partial charge in [0, 0.05) is 23.4 Å². The minimum absolute atomic E-state index is 0.0386. The molecule has 2 aromatic heterocycles. The maximum atomic E-state index is 13.2. The highest BCUT2D eigenvalue weighted by molar-refractivity contribution is 9.10. The van der Waals surface area contributed by atoms with E-state index in [2.05, 4.69) is 20.9 Å². The minimum Gasteiger partial charge on any atom is -0.477 e. The Bertz CT molecular complexity index is 1120. The lowest BCUT2D eigenvalue weighted by atomic mass is 10.0. The van der Waals surface area contributed by atoms with E-state index in [1.54, 1.807) is 6.07 Å². The van der Waals surface area contributed by atoms with E-state index >= 15 is 0 Å². The van der Waals surface area contributed by atoms with Crippen LogP contribution in [0, 0.1) is 6.92 Å². The highest BCUT2D eigenvalue weighted by atomic mass is 79.9. The van der Waals surface area contributed by atoms with E-state index in [0.717, 1.165) is 12.3 Å². The van der Waals surface area contributed by atoms with Crippen molar-refractivity contribution in [3.63, 3.8) is 0 Å². The van der Waals surface area contributed by atoms with Crippen molar-refractivity contribution in [2.75, 3.05) is 0 Å². The highest BCUT2D eigenvalue weighted by Crippen LogP contribution is 2.33. The summed E-state index contributed by atoms with van der Waals surface area (Å²) >= 11 is 3.23. The first-order chi connectivity index (χ1) is 12.6. The first-order valence-electron chi connectivity index (χ1n) is 7.67. The number of nitrogens with zero attached hydrogens (tertiary/aromatic N) is 2. The summed E-state index contributed by atoms with van der Waals surface area (Å²) in [5, 5.41) is 9.28. The van der Waals surface area contributed by atoms with E-state index in [9.17, 15) is 27.9 Å². The van der Waals surface area contributed by atoms with E-state index in [1.807, 2.05) is 0 Å². The maximum absolute atomic E-state index is 13.2. The zero-order valence-electron chi connectivity index (χ0n) is 13.8. The molecule has 3 aromatic rings. The molecular formula is C18H12BrF3N2O3. The average molecular weight is 441 g/mol. The normalized spacial score (nSPS) is 11.7. The lowest BCUT2D eigenvalue weighted by Crippen LogP contribution is -2.20. The van der Waals surface area contributed by atoms with Crippen LogP contribution in [0.15, 0.2) is 45.9 Å². The molecule has 9 heteroatoms. The Hall–Kier alpha value is -2.68. The third-order valence-electron chi connectivity index (χ3n) is 4.21. The third-order valence-corrected chi connectivity index (χ3v) is 4.64. The molecule has 140 valence electrons. The second-order valence-corrected chi connectivity index (χ2v) is 6.83. The van der Waals surface area contributed by atoms with Crippen molar-refractivity contribution >= 4 is 32.9 Å².